The molecule has 0 radical (unpaired) electrons. The van der Waals surface area contributed by atoms with E-state index in [-0.39, 0.29) is 37.1 Å². The summed E-state index contributed by atoms with van der Waals surface area (Å²) in [5.41, 5.74) is -1.68. The van der Waals surface area contributed by atoms with E-state index in [9.17, 15) is 23.1 Å². The van der Waals surface area contributed by atoms with Gasteiger partial charge in [-0.05, 0) is 30.0 Å². The predicted molar refractivity (Wildman–Crippen MR) is 99.9 cm³/mol. The second-order valence-electron chi connectivity index (χ2n) is 7.82. The van der Waals surface area contributed by atoms with Gasteiger partial charge in [0.1, 0.15) is 6.61 Å². The Bertz CT molecular complexity index is 870. The lowest BCUT2D eigenvalue weighted by Gasteiger charge is -2.44. The Hall–Kier alpha value is -2.54. The number of carbonyl (C=O) groups is 1. The molecule has 2 saturated heterocycles. The van der Waals surface area contributed by atoms with Gasteiger partial charge in [0.15, 0.2) is 0 Å². The average molecular weight is 405 g/mol. The van der Waals surface area contributed by atoms with Crippen molar-refractivity contribution >= 4 is 6.09 Å². The number of amides is 1. The highest BCUT2D eigenvalue weighted by atomic mass is 19.4. The Morgan fingerprint density at radius 2 is 1.62 bits per heavy atom. The number of halogens is 3. The highest BCUT2D eigenvalue weighted by molar-refractivity contribution is 5.69. The Labute approximate surface area is 166 Å². The molecular weight excluding hydrogens is 383 g/mol. The van der Waals surface area contributed by atoms with Gasteiger partial charge in [-0.3, -0.25) is 0 Å². The molecule has 1 N–H and O–H groups in total. The minimum atomic E-state index is -4.54. The van der Waals surface area contributed by atoms with Gasteiger partial charge in [0.05, 0.1) is 11.2 Å². The molecule has 2 aliphatic rings. The van der Waals surface area contributed by atoms with E-state index < -0.39 is 23.4 Å². The fourth-order valence-electron chi connectivity index (χ4n) is 4.67. The quantitative estimate of drug-likeness (QED) is 0.794. The first-order chi connectivity index (χ1) is 13.8. The molecule has 2 aromatic carbocycles. The minimum Gasteiger partial charge on any atom is -0.445 e. The summed E-state index contributed by atoms with van der Waals surface area (Å²) in [6, 6.07) is 13.8. The third kappa shape index (κ3) is 3.83. The number of fused-ring (bicyclic) bond motifs is 2. The number of hydrogen-bond donors (Lipinski definition) is 1. The van der Waals surface area contributed by atoms with Crippen LogP contribution < -0.4 is 0 Å². The molecule has 2 aliphatic heterocycles. The van der Waals surface area contributed by atoms with Crippen LogP contribution in [0.25, 0.3) is 0 Å². The molecule has 2 aromatic rings. The molecule has 154 valence electrons. The molecule has 0 aromatic heterocycles. The van der Waals surface area contributed by atoms with Gasteiger partial charge in [0.25, 0.3) is 0 Å². The third-order valence-electron chi connectivity index (χ3n) is 5.92. The smallest absolute Gasteiger partial charge is 0.416 e. The lowest BCUT2D eigenvalue weighted by molar-refractivity contribution is -0.142. The van der Waals surface area contributed by atoms with Crippen molar-refractivity contribution in [1.82, 2.24) is 4.90 Å². The number of rotatable bonds is 3. The van der Waals surface area contributed by atoms with Gasteiger partial charge in [-0.25, -0.2) is 4.79 Å². The van der Waals surface area contributed by atoms with E-state index in [2.05, 4.69) is 0 Å². The first kappa shape index (κ1) is 19.8. The first-order valence-electron chi connectivity index (χ1n) is 9.66. The van der Waals surface area contributed by atoms with Crippen molar-refractivity contribution in [2.45, 2.75) is 56.2 Å². The maximum Gasteiger partial charge on any atom is 0.416 e. The normalized spacial score (nSPS) is 26.4. The Morgan fingerprint density at radius 3 is 2.24 bits per heavy atom. The number of alkyl halides is 3. The second-order valence-corrected chi connectivity index (χ2v) is 7.82. The monoisotopic (exact) mass is 405 g/mol. The summed E-state index contributed by atoms with van der Waals surface area (Å²) >= 11 is 0. The molecule has 0 aliphatic carbocycles. The van der Waals surface area contributed by atoms with Gasteiger partial charge in [0, 0.05) is 24.9 Å². The van der Waals surface area contributed by atoms with Gasteiger partial charge >= 0.3 is 12.3 Å². The van der Waals surface area contributed by atoms with Crippen LogP contribution in [0.15, 0.2) is 54.6 Å². The topological polar surface area (TPSA) is 49.8 Å². The molecule has 4 nitrogen and oxygen atoms in total. The zero-order valence-electron chi connectivity index (χ0n) is 15.7. The van der Waals surface area contributed by atoms with Gasteiger partial charge in [-0.2, -0.15) is 13.2 Å². The van der Waals surface area contributed by atoms with E-state index in [0.29, 0.717) is 12.8 Å². The van der Waals surface area contributed by atoms with Crippen LogP contribution in [0.2, 0.25) is 0 Å². The molecule has 29 heavy (non-hydrogen) atoms. The van der Waals surface area contributed by atoms with Crippen LogP contribution in [-0.2, 0) is 23.1 Å². The van der Waals surface area contributed by atoms with E-state index in [4.69, 9.17) is 4.74 Å². The van der Waals surface area contributed by atoms with Gasteiger partial charge in [-0.15, -0.1) is 0 Å². The fourth-order valence-corrected chi connectivity index (χ4v) is 4.67. The zero-order valence-corrected chi connectivity index (χ0v) is 15.7. The van der Waals surface area contributed by atoms with Crippen LogP contribution in [0.5, 0.6) is 0 Å². The summed E-state index contributed by atoms with van der Waals surface area (Å²) in [5.74, 6) is 0. The standard InChI is InChI=1S/C22H22F3NO3/c23-22(24,25)19-9-5-4-8-18(19)21(28)12-16-10-11-17(13-21)26(16)20(27)29-14-15-6-2-1-3-7-15/h1-9,16-17,28H,10-14H2. The van der Waals surface area contributed by atoms with E-state index in [1.807, 2.05) is 30.3 Å². The number of hydrogen-bond acceptors (Lipinski definition) is 3. The maximum absolute atomic E-state index is 13.5. The van der Waals surface area contributed by atoms with Crippen molar-refractivity contribution in [3.05, 3.63) is 71.3 Å². The third-order valence-corrected chi connectivity index (χ3v) is 5.92. The molecule has 4 rings (SSSR count). The predicted octanol–water partition coefficient (Wildman–Crippen LogP) is 4.86. The van der Waals surface area contributed by atoms with Crippen LogP contribution in [0.4, 0.5) is 18.0 Å². The number of carbonyl (C=O) groups excluding carboxylic acids is 1. The molecular formula is C22H22F3NO3. The van der Waals surface area contributed by atoms with Crippen LogP contribution in [0, 0.1) is 0 Å². The van der Waals surface area contributed by atoms with Crippen molar-refractivity contribution < 1.29 is 27.8 Å². The summed E-state index contributed by atoms with van der Waals surface area (Å²) in [5, 5.41) is 11.2. The van der Waals surface area contributed by atoms with Gasteiger partial charge in [-0.1, -0.05) is 48.5 Å². The lowest BCUT2D eigenvalue weighted by atomic mass is 9.78. The highest BCUT2D eigenvalue weighted by Gasteiger charge is 2.52. The van der Waals surface area contributed by atoms with E-state index in [0.717, 1.165) is 11.6 Å². The Balaban J connectivity index is 1.51. The fraction of sp³-hybridized carbons (Fsp3) is 0.409. The van der Waals surface area contributed by atoms with Crippen LogP contribution in [-0.4, -0.2) is 28.2 Å². The Morgan fingerprint density at radius 1 is 1.03 bits per heavy atom. The first-order valence-corrected chi connectivity index (χ1v) is 9.66. The molecule has 2 heterocycles. The number of ether oxygens (including phenoxy) is 1. The average Bonchev–Trinajstić information content (AvgIpc) is 2.98. The van der Waals surface area contributed by atoms with Crippen molar-refractivity contribution in [2.24, 2.45) is 0 Å². The number of aliphatic hydroxyl groups is 1. The molecule has 7 heteroatoms. The van der Waals surface area contributed by atoms with Crippen molar-refractivity contribution in [3.63, 3.8) is 0 Å². The molecule has 2 bridgehead atoms. The van der Waals surface area contributed by atoms with E-state index in [1.165, 1.54) is 18.2 Å². The number of benzene rings is 2. The molecule has 2 atom stereocenters. The van der Waals surface area contributed by atoms with E-state index in [1.54, 1.807) is 4.90 Å². The summed E-state index contributed by atoms with van der Waals surface area (Å²) < 4.78 is 45.8. The van der Waals surface area contributed by atoms with Crippen molar-refractivity contribution in [2.75, 3.05) is 0 Å². The summed E-state index contributed by atoms with van der Waals surface area (Å²) in [7, 11) is 0. The van der Waals surface area contributed by atoms with Crippen molar-refractivity contribution in [1.29, 1.82) is 0 Å². The molecule has 0 spiro atoms. The van der Waals surface area contributed by atoms with E-state index >= 15 is 0 Å². The van der Waals surface area contributed by atoms with Crippen LogP contribution >= 0.6 is 0 Å². The maximum atomic E-state index is 13.5. The summed E-state index contributed by atoms with van der Waals surface area (Å²) in [6.07, 6.45) is -3.61. The molecule has 2 unspecified atom stereocenters. The summed E-state index contributed by atoms with van der Waals surface area (Å²) in [4.78, 5) is 14.3. The molecule has 0 saturated carbocycles. The highest BCUT2D eigenvalue weighted by Crippen LogP contribution is 2.48. The Kier molecular flexibility index (Phi) is 5.02. The second kappa shape index (κ2) is 7.37. The molecule has 2 fully saturated rings. The van der Waals surface area contributed by atoms with Crippen LogP contribution in [0.1, 0.15) is 42.4 Å². The number of nitrogens with zero attached hydrogens (tertiary/aromatic N) is 1. The number of piperidine rings is 1. The van der Waals surface area contributed by atoms with Gasteiger partial charge < -0.3 is 14.7 Å². The summed E-state index contributed by atoms with van der Waals surface area (Å²) in [6.45, 7) is 0.136. The zero-order chi connectivity index (χ0) is 20.6. The SMILES string of the molecule is O=C(OCc1ccccc1)N1C2CCC1CC(O)(c1ccccc1C(F)(F)F)C2. The largest absolute Gasteiger partial charge is 0.445 e. The minimum absolute atomic E-state index is 0.0665. The van der Waals surface area contributed by atoms with Crippen LogP contribution in [0.3, 0.4) is 0 Å². The lowest BCUT2D eigenvalue weighted by Crippen LogP contribution is -2.52. The van der Waals surface area contributed by atoms with Gasteiger partial charge in [0.2, 0.25) is 0 Å². The molecule has 1 amide bonds. The van der Waals surface area contributed by atoms with Crippen molar-refractivity contribution in [3.8, 4) is 0 Å².